The summed E-state index contributed by atoms with van der Waals surface area (Å²) in [5, 5.41) is 0.948. The monoisotopic (exact) mass is 247 g/mol. The maximum atomic E-state index is 11.7. The molecule has 0 saturated heterocycles. The number of thiazole rings is 1. The molecular formula is C13H13NO2S. The first-order chi connectivity index (χ1) is 8.26. The van der Waals surface area contributed by atoms with E-state index in [4.69, 9.17) is 4.74 Å². The summed E-state index contributed by atoms with van der Waals surface area (Å²) in [5.74, 6) is -0.375. The molecule has 0 bridgehead atoms. The van der Waals surface area contributed by atoms with Crippen LogP contribution >= 0.6 is 11.3 Å². The number of ether oxygens (including phenoxy) is 1. The van der Waals surface area contributed by atoms with Crippen LogP contribution in [-0.2, 0) is 11.2 Å². The Morgan fingerprint density at radius 1 is 1.35 bits per heavy atom. The summed E-state index contributed by atoms with van der Waals surface area (Å²) in [6, 6.07) is 9.78. The van der Waals surface area contributed by atoms with E-state index in [-0.39, 0.29) is 5.97 Å². The number of methoxy groups -OCH3 is 1. The molecule has 0 saturated carbocycles. The molecule has 2 aromatic rings. The predicted octanol–water partition coefficient (Wildman–Crippen LogP) is 3.16. The van der Waals surface area contributed by atoms with E-state index >= 15 is 0 Å². The van der Waals surface area contributed by atoms with Crippen molar-refractivity contribution in [2.24, 2.45) is 0 Å². The first-order valence-electron chi connectivity index (χ1n) is 5.39. The fourth-order valence-corrected chi connectivity index (χ4v) is 2.53. The maximum Gasteiger partial charge on any atom is 0.358 e. The molecule has 0 aliphatic carbocycles. The quantitative estimate of drug-likeness (QED) is 0.782. The summed E-state index contributed by atoms with van der Waals surface area (Å²) in [6.45, 7) is 2.02. The Balaban J connectivity index is 2.52. The number of aryl methyl sites for hydroxylation is 1. The minimum Gasteiger partial charge on any atom is -0.464 e. The molecule has 3 nitrogen and oxygen atoms in total. The first-order valence-corrected chi connectivity index (χ1v) is 6.21. The largest absolute Gasteiger partial charge is 0.464 e. The van der Waals surface area contributed by atoms with Gasteiger partial charge in [0.05, 0.1) is 17.0 Å². The summed E-state index contributed by atoms with van der Waals surface area (Å²) in [7, 11) is 1.38. The van der Waals surface area contributed by atoms with Crippen molar-refractivity contribution in [3.8, 4) is 10.4 Å². The molecule has 0 aliphatic rings. The average molecular weight is 247 g/mol. The number of aromatic nitrogens is 1. The van der Waals surface area contributed by atoms with E-state index in [0.29, 0.717) is 5.69 Å². The zero-order valence-corrected chi connectivity index (χ0v) is 10.6. The van der Waals surface area contributed by atoms with Gasteiger partial charge in [-0.1, -0.05) is 37.3 Å². The third-order valence-electron chi connectivity index (χ3n) is 2.39. The summed E-state index contributed by atoms with van der Waals surface area (Å²) in [5.41, 5.74) is 1.42. The molecule has 0 N–H and O–H groups in total. The Bertz CT molecular complexity index is 519. The fourth-order valence-electron chi connectivity index (χ4n) is 1.54. The molecule has 0 spiro atoms. The molecule has 1 heterocycles. The molecule has 17 heavy (non-hydrogen) atoms. The highest BCUT2D eigenvalue weighted by Crippen LogP contribution is 2.30. The van der Waals surface area contributed by atoms with Crippen LogP contribution in [0.5, 0.6) is 0 Å². The van der Waals surface area contributed by atoms with Gasteiger partial charge in [-0.2, -0.15) is 0 Å². The van der Waals surface area contributed by atoms with Crippen LogP contribution in [0.4, 0.5) is 0 Å². The lowest BCUT2D eigenvalue weighted by Gasteiger charge is -1.99. The topological polar surface area (TPSA) is 39.2 Å². The van der Waals surface area contributed by atoms with Gasteiger partial charge in [-0.15, -0.1) is 11.3 Å². The molecule has 0 atom stereocenters. The van der Waals surface area contributed by atoms with Gasteiger partial charge in [0.25, 0.3) is 0 Å². The van der Waals surface area contributed by atoms with Gasteiger partial charge >= 0.3 is 5.97 Å². The highest BCUT2D eigenvalue weighted by atomic mass is 32.1. The van der Waals surface area contributed by atoms with Crippen molar-refractivity contribution in [2.45, 2.75) is 13.3 Å². The van der Waals surface area contributed by atoms with Crippen molar-refractivity contribution in [3.05, 3.63) is 41.0 Å². The van der Waals surface area contributed by atoms with Crippen LogP contribution in [0, 0.1) is 0 Å². The molecule has 0 aliphatic heterocycles. The van der Waals surface area contributed by atoms with Crippen LogP contribution in [0.1, 0.15) is 22.4 Å². The number of benzene rings is 1. The first kappa shape index (κ1) is 11.8. The fraction of sp³-hybridized carbons (Fsp3) is 0.231. The average Bonchev–Trinajstić information content (AvgIpc) is 2.83. The number of carbonyl (C=O) groups excluding carboxylic acids is 1. The van der Waals surface area contributed by atoms with Crippen molar-refractivity contribution in [1.29, 1.82) is 0 Å². The van der Waals surface area contributed by atoms with Gasteiger partial charge in [-0.05, 0) is 12.0 Å². The normalized spacial score (nSPS) is 10.2. The van der Waals surface area contributed by atoms with Gasteiger partial charge in [0.2, 0.25) is 0 Å². The van der Waals surface area contributed by atoms with E-state index < -0.39 is 0 Å². The molecule has 2 rings (SSSR count). The van der Waals surface area contributed by atoms with E-state index in [2.05, 4.69) is 4.98 Å². The number of nitrogens with zero attached hydrogens (tertiary/aromatic N) is 1. The maximum absolute atomic E-state index is 11.7. The predicted molar refractivity (Wildman–Crippen MR) is 68.3 cm³/mol. The molecular weight excluding hydrogens is 234 g/mol. The number of carbonyl (C=O) groups is 1. The zero-order valence-electron chi connectivity index (χ0n) is 9.77. The van der Waals surface area contributed by atoms with Gasteiger partial charge in [0, 0.05) is 0 Å². The molecule has 4 heteroatoms. The van der Waals surface area contributed by atoms with Crippen LogP contribution < -0.4 is 0 Å². The Morgan fingerprint density at radius 3 is 2.65 bits per heavy atom. The lowest BCUT2D eigenvalue weighted by molar-refractivity contribution is 0.0595. The van der Waals surface area contributed by atoms with Gasteiger partial charge < -0.3 is 4.74 Å². The van der Waals surface area contributed by atoms with Crippen molar-refractivity contribution >= 4 is 17.3 Å². The van der Waals surface area contributed by atoms with Crippen LogP contribution in [0.2, 0.25) is 0 Å². The second-order valence-corrected chi connectivity index (χ2v) is 4.58. The van der Waals surface area contributed by atoms with E-state index in [0.717, 1.165) is 21.9 Å². The second kappa shape index (κ2) is 5.10. The van der Waals surface area contributed by atoms with Gasteiger partial charge in [0.15, 0.2) is 5.69 Å². The third-order valence-corrected chi connectivity index (χ3v) is 3.64. The van der Waals surface area contributed by atoms with Crippen LogP contribution in [0.25, 0.3) is 10.4 Å². The highest BCUT2D eigenvalue weighted by Gasteiger charge is 2.19. The molecule has 0 fully saturated rings. The van der Waals surface area contributed by atoms with Crippen molar-refractivity contribution in [3.63, 3.8) is 0 Å². The Hall–Kier alpha value is -1.68. The van der Waals surface area contributed by atoms with E-state index in [1.54, 1.807) is 11.3 Å². The highest BCUT2D eigenvalue weighted by molar-refractivity contribution is 7.15. The lowest BCUT2D eigenvalue weighted by atomic mass is 10.1. The number of rotatable bonds is 3. The van der Waals surface area contributed by atoms with E-state index in [9.17, 15) is 4.79 Å². The molecule has 1 aromatic carbocycles. The SMILES string of the molecule is CCc1nc(C(=O)OC)c(-c2ccccc2)s1. The molecule has 88 valence electrons. The molecule has 0 amide bonds. The smallest absolute Gasteiger partial charge is 0.358 e. The number of hydrogen-bond acceptors (Lipinski definition) is 4. The summed E-state index contributed by atoms with van der Waals surface area (Å²) >= 11 is 1.54. The van der Waals surface area contributed by atoms with Crippen molar-refractivity contribution in [1.82, 2.24) is 4.98 Å². The minimum absolute atomic E-state index is 0.375. The number of hydrogen-bond donors (Lipinski definition) is 0. The van der Waals surface area contributed by atoms with E-state index in [1.807, 2.05) is 37.3 Å². The molecule has 1 aromatic heterocycles. The second-order valence-electron chi connectivity index (χ2n) is 3.50. The zero-order chi connectivity index (χ0) is 12.3. The standard InChI is InChI=1S/C13H13NO2S/c1-3-10-14-11(13(15)16-2)12(17-10)9-7-5-4-6-8-9/h4-8H,3H2,1-2H3. The van der Waals surface area contributed by atoms with Gasteiger partial charge in [-0.25, -0.2) is 9.78 Å². The Morgan fingerprint density at radius 2 is 2.06 bits per heavy atom. The number of esters is 1. The summed E-state index contributed by atoms with van der Waals surface area (Å²) in [6.07, 6.45) is 0.821. The molecule has 0 radical (unpaired) electrons. The van der Waals surface area contributed by atoms with Crippen LogP contribution in [0.15, 0.2) is 30.3 Å². The van der Waals surface area contributed by atoms with Crippen molar-refractivity contribution in [2.75, 3.05) is 7.11 Å². The minimum atomic E-state index is -0.375. The van der Waals surface area contributed by atoms with Gasteiger partial charge in [-0.3, -0.25) is 0 Å². The van der Waals surface area contributed by atoms with Crippen molar-refractivity contribution < 1.29 is 9.53 Å². The third kappa shape index (κ3) is 2.36. The van der Waals surface area contributed by atoms with E-state index in [1.165, 1.54) is 7.11 Å². The Labute approximate surface area is 104 Å². The van der Waals surface area contributed by atoms with Crippen LogP contribution in [-0.4, -0.2) is 18.1 Å². The Kier molecular flexibility index (Phi) is 3.54. The lowest BCUT2D eigenvalue weighted by Crippen LogP contribution is -2.03. The summed E-state index contributed by atoms with van der Waals surface area (Å²) < 4.78 is 4.76. The summed E-state index contributed by atoms with van der Waals surface area (Å²) in [4.78, 5) is 16.9. The molecule has 0 unspecified atom stereocenters. The van der Waals surface area contributed by atoms with Crippen LogP contribution in [0.3, 0.4) is 0 Å². The van der Waals surface area contributed by atoms with Gasteiger partial charge in [0.1, 0.15) is 0 Å².